The highest BCUT2D eigenvalue weighted by Crippen LogP contribution is 2.22. The largest absolute Gasteiger partial charge is 0.340 e. The van der Waals surface area contributed by atoms with Gasteiger partial charge in [0.05, 0.1) is 4.90 Å². The predicted octanol–water partition coefficient (Wildman–Crippen LogP) is -0.0645. The summed E-state index contributed by atoms with van der Waals surface area (Å²) >= 11 is 0. The van der Waals surface area contributed by atoms with Gasteiger partial charge in [-0.2, -0.15) is 0 Å². The van der Waals surface area contributed by atoms with Crippen LogP contribution in [-0.2, 0) is 14.8 Å². The minimum absolute atomic E-state index is 0.0789. The highest BCUT2D eigenvalue weighted by molar-refractivity contribution is 7.90. The Bertz CT molecular complexity index is 737. The van der Waals surface area contributed by atoms with Crippen molar-refractivity contribution in [1.29, 1.82) is 0 Å². The van der Waals surface area contributed by atoms with E-state index in [4.69, 9.17) is 0 Å². The Morgan fingerprint density at radius 2 is 2.04 bits per heavy atom. The lowest BCUT2D eigenvalue weighted by Crippen LogP contribution is -2.40. The number of rotatable bonds is 2. The van der Waals surface area contributed by atoms with Crippen molar-refractivity contribution in [1.82, 2.24) is 14.9 Å². The fraction of sp³-hybridized carbons (Fsp3) is 0.467. The van der Waals surface area contributed by atoms with Gasteiger partial charge in [0.1, 0.15) is 11.9 Å². The van der Waals surface area contributed by atoms with Crippen molar-refractivity contribution in [2.45, 2.75) is 24.3 Å². The summed E-state index contributed by atoms with van der Waals surface area (Å²) in [5.41, 5.74) is 0.518. The van der Waals surface area contributed by atoms with Crippen LogP contribution in [-0.4, -0.2) is 57.3 Å². The van der Waals surface area contributed by atoms with E-state index in [1.165, 1.54) is 6.07 Å². The van der Waals surface area contributed by atoms with Crippen molar-refractivity contribution in [2.75, 3.05) is 26.2 Å². The second kappa shape index (κ2) is 6.29. The SMILES string of the molecule is CC(N=C1NS(=O)(=O)c2ccccc21)C(=O)N1CCCNCC1. The molecule has 1 aromatic rings. The fourth-order valence-electron chi connectivity index (χ4n) is 2.81. The van der Waals surface area contributed by atoms with Crippen LogP contribution < -0.4 is 10.0 Å². The summed E-state index contributed by atoms with van der Waals surface area (Å²) in [6, 6.07) is 6.02. The van der Waals surface area contributed by atoms with Crippen LogP contribution in [0.3, 0.4) is 0 Å². The number of amidine groups is 1. The van der Waals surface area contributed by atoms with Crippen LogP contribution in [0.5, 0.6) is 0 Å². The number of nitrogens with one attached hydrogen (secondary N) is 2. The molecule has 8 heteroatoms. The van der Waals surface area contributed by atoms with Crippen molar-refractivity contribution in [3.05, 3.63) is 29.8 Å². The van der Waals surface area contributed by atoms with Crippen LogP contribution in [0.2, 0.25) is 0 Å². The third-order valence-corrected chi connectivity index (χ3v) is 5.39. The summed E-state index contributed by atoms with van der Waals surface area (Å²) in [6.07, 6.45) is 0.907. The highest BCUT2D eigenvalue weighted by Gasteiger charge is 2.31. The molecule has 124 valence electrons. The number of nitrogens with zero attached hydrogens (tertiary/aromatic N) is 2. The number of hydrogen-bond donors (Lipinski definition) is 2. The average Bonchev–Trinajstić information content (AvgIpc) is 2.73. The molecule has 0 saturated carbocycles. The van der Waals surface area contributed by atoms with E-state index >= 15 is 0 Å². The number of sulfonamides is 1. The molecule has 7 nitrogen and oxygen atoms in total. The molecule has 0 radical (unpaired) electrons. The molecule has 1 fully saturated rings. The second-order valence-electron chi connectivity index (χ2n) is 5.68. The molecule has 0 aromatic heterocycles. The molecule has 1 amide bonds. The number of benzene rings is 1. The normalized spacial score (nSPS) is 23.0. The zero-order valence-corrected chi connectivity index (χ0v) is 13.8. The number of fused-ring (bicyclic) bond motifs is 1. The Hall–Kier alpha value is -1.93. The van der Waals surface area contributed by atoms with Crippen molar-refractivity contribution in [3.63, 3.8) is 0 Å². The van der Waals surface area contributed by atoms with Gasteiger partial charge in [-0.15, -0.1) is 0 Å². The first-order valence-corrected chi connectivity index (χ1v) is 9.17. The van der Waals surface area contributed by atoms with Crippen LogP contribution in [0, 0.1) is 0 Å². The molecule has 2 N–H and O–H groups in total. The van der Waals surface area contributed by atoms with Crippen molar-refractivity contribution < 1.29 is 13.2 Å². The number of carbonyl (C=O) groups excluding carboxylic acids is 1. The number of hydrogen-bond acceptors (Lipinski definition) is 5. The maximum atomic E-state index is 12.5. The molecule has 2 aliphatic rings. The lowest BCUT2D eigenvalue weighted by atomic mass is 10.2. The molecule has 23 heavy (non-hydrogen) atoms. The van der Waals surface area contributed by atoms with Gasteiger partial charge in [0.25, 0.3) is 10.0 Å². The summed E-state index contributed by atoms with van der Waals surface area (Å²) in [4.78, 5) is 18.8. The molecule has 2 heterocycles. The molecular formula is C15H20N4O3S. The fourth-order valence-corrected chi connectivity index (χ4v) is 4.05. The summed E-state index contributed by atoms with van der Waals surface area (Å²) in [5.74, 6) is 0.166. The van der Waals surface area contributed by atoms with Gasteiger partial charge >= 0.3 is 0 Å². The molecule has 0 bridgehead atoms. The van der Waals surface area contributed by atoms with Crippen LogP contribution in [0.1, 0.15) is 18.9 Å². The van der Waals surface area contributed by atoms with Gasteiger partial charge in [-0.3, -0.25) is 14.5 Å². The minimum atomic E-state index is -3.57. The minimum Gasteiger partial charge on any atom is -0.340 e. The lowest BCUT2D eigenvalue weighted by Gasteiger charge is -2.22. The van der Waals surface area contributed by atoms with Crippen molar-refractivity contribution in [3.8, 4) is 0 Å². The quantitative estimate of drug-likeness (QED) is 0.791. The van der Waals surface area contributed by atoms with Gasteiger partial charge in [0.15, 0.2) is 0 Å². The topological polar surface area (TPSA) is 90.9 Å². The summed E-state index contributed by atoms with van der Waals surface area (Å²) in [5, 5.41) is 3.25. The summed E-state index contributed by atoms with van der Waals surface area (Å²) in [6.45, 7) is 4.72. The molecule has 1 saturated heterocycles. The van der Waals surface area contributed by atoms with Crippen molar-refractivity contribution in [2.24, 2.45) is 4.99 Å². The summed E-state index contributed by atoms with van der Waals surface area (Å²) < 4.78 is 26.6. The van der Waals surface area contributed by atoms with E-state index in [2.05, 4.69) is 15.0 Å². The van der Waals surface area contributed by atoms with E-state index in [0.717, 1.165) is 19.5 Å². The first-order chi connectivity index (χ1) is 11.0. The zero-order chi connectivity index (χ0) is 16.4. The monoisotopic (exact) mass is 336 g/mol. The molecule has 1 aromatic carbocycles. The first-order valence-electron chi connectivity index (χ1n) is 7.68. The third kappa shape index (κ3) is 3.23. The third-order valence-electron chi connectivity index (χ3n) is 3.99. The van der Waals surface area contributed by atoms with E-state index in [9.17, 15) is 13.2 Å². The van der Waals surface area contributed by atoms with Gasteiger partial charge in [0, 0.05) is 25.2 Å². The molecule has 1 unspecified atom stereocenters. The Kier molecular flexibility index (Phi) is 4.36. The average molecular weight is 336 g/mol. The predicted molar refractivity (Wildman–Crippen MR) is 86.8 cm³/mol. The standard InChI is InChI=1S/C15H20N4O3S/c1-11(15(20)19-9-4-7-16-8-10-19)17-14-12-5-2-3-6-13(12)23(21,22)18-14/h2-3,5-6,11,16H,4,7-10H2,1H3,(H,17,18). The van der Waals surface area contributed by atoms with E-state index in [1.807, 2.05) is 0 Å². The molecule has 0 spiro atoms. The highest BCUT2D eigenvalue weighted by atomic mass is 32.2. The number of carbonyl (C=O) groups is 1. The number of amides is 1. The Morgan fingerprint density at radius 1 is 1.26 bits per heavy atom. The number of aliphatic imine (C=N–C) groups is 1. The maximum absolute atomic E-state index is 12.5. The van der Waals surface area contributed by atoms with Gasteiger partial charge in [-0.05, 0) is 32.0 Å². The van der Waals surface area contributed by atoms with E-state index in [1.54, 1.807) is 30.0 Å². The zero-order valence-electron chi connectivity index (χ0n) is 12.9. The Morgan fingerprint density at radius 3 is 2.87 bits per heavy atom. The van der Waals surface area contributed by atoms with Crippen LogP contribution in [0.4, 0.5) is 0 Å². The van der Waals surface area contributed by atoms with Gasteiger partial charge < -0.3 is 10.2 Å². The van der Waals surface area contributed by atoms with E-state index < -0.39 is 16.1 Å². The second-order valence-corrected chi connectivity index (χ2v) is 7.34. The van der Waals surface area contributed by atoms with Crippen LogP contribution in [0.25, 0.3) is 0 Å². The van der Waals surface area contributed by atoms with Crippen molar-refractivity contribution >= 4 is 21.8 Å². The van der Waals surface area contributed by atoms with Gasteiger partial charge in [-0.25, -0.2) is 8.42 Å². The molecular weight excluding hydrogens is 316 g/mol. The van der Waals surface area contributed by atoms with E-state index in [-0.39, 0.29) is 16.6 Å². The van der Waals surface area contributed by atoms with Gasteiger partial charge in [-0.1, -0.05) is 12.1 Å². The Labute approximate surface area is 135 Å². The molecule has 3 rings (SSSR count). The van der Waals surface area contributed by atoms with Crippen LogP contribution in [0.15, 0.2) is 34.2 Å². The first kappa shape index (κ1) is 15.9. The smallest absolute Gasteiger partial charge is 0.263 e. The molecule has 2 aliphatic heterocycles. The summed E-state index contributed by atoms with van der Waals surface area (Å²) in [7, 11) is -3.57. The van der Waals surface area contributed by atoms with Crippen LogP contribution >= 0.6 is 0 Å². The van der Waals surface area contributed by atoms with E-state index in [0.29, 0.717) is 18.7 Å². The molecule has 0 aliphatic carbocycles. The maximum Gasteiger partial charge on any atom is 0.263 e. The van der Waals surface area contributed by atoms with Gasteiger partial charge in [0.2, 0.25) is 5.91 Å². The lowest BCUT2D eigenvalue weighted by molar-refractivity contribution is -0.131. The molecule has 1 atom stereocenters. The Balaban J connectivity index is 1.83.